The van der Waals surface area contributed by atoms with Gasteiger partial charge < -0.3 is 14.8 Å². The van der Waals surface area contributed by atoms with Crippen LogP contribution in [-0.4, -0.2) is 44.9 Å². The predicted molar refractivity (Wildman–Crippen MR) is 128 cm³/mol. The predicted octanol–water partition coefficient (Wildman–Crippen LogP) is 2.88. The molecule has 4 aliphatic rings. The molecule has 0 radical (unpaired) electrons. The third kappa shape index (κ3) is 6.34. The van der Waals surface area contributed by atoms with Crippen LogP contribution in [0.3, 0.4) is 0 Å². The summed E-state index contributed by atoms with van der Waals surface area (Å²) in [5.74, 6) is 3.32. The van der Waals surface area contributed by atoms with E-state index in [-0.39, 0.29) is 12.5 Å². The number of quaternary nitrogens is 1. The second-order valence-electron chi connectivity index (χ2n) is 11.3. The molecule has 32 heavy (non-hydrogen) atoms. The molecule has 5 N–H and O–H groups in total. The molecule has 184 valence electrons. The lowest BCUT2D eigenvalue weighted by Crippen LogP contribution is -2.94. The van der Waals surface area contributed by atoms with Gasteiger partial charge in [-0.05, 0) is 87.9 Å². The van der Waals surface area contributed by atoms with Gasteiger partial charge >= 0.3 is 0 Å². The summed E-state index contributed by atoms with van der Waals surface area (Å²) in [6.07, 6.45) is 15.0. The summed E-state index contributed by atoms with van der Waals surface area (Å²) < 4.78 is 12.0. The van der Waals surface area contributed by atoms with Crippen LogP contribution in [0.15, 0.2) is 11.6 Å². The number of nitrogens with two attached hydrogens (primary N) is 1. The molecular formula is C26H49N4O2+. The number of piperidine rings is 1. The summed E-state index contributed by atoms with van der Waals surface area (Å²) in [6, 6.07) is 0. The average molecular weight is 450 g/mol. The molecule has 4 rings (SSSR count). The first-order valence-electron chi connectivity index (χ1n) is 13.5. The summed E-state index contributed by atoms with van der Waals surface area (Å²) in [7, 11) is 1.84. The first kappa shape index (κ1) is 24.6. The van der Waals surface area contributed by atoms with Crippen LogP contribution in [-0.2, 0) is 9.47 Å². The molecule has 0 spiro atoms. The maximum absolute atomic E-state index is 6.46. The van der Waals surface area contributed by atoms with Gasteiger partial charge in [-0.2, -0.15) is 0 Å². The molecule has 2 saturated heterocycles. The highest BCUT2D eigenvalue weighted by Crippen LogP contribution is 2.40. The van der Waals surface area contributed by atoms with E-state index >= 15 is 0 Å². The lowest BCUT2D eigenvalue weighted by atomic mass is 9.69. The van der Waals surface area contributed by atoms with E-state index in [1.54, 1.807) is 5.57 Å². The molecule has 6 atom stereocenters. The van der Waals surface area contributed by atoms with E-state index in [1.807, 2.05) is 7.11 Å². The van der Waals surface area contributed by atoms with Crippen molar-refractivity contribution in [2.24, 2.45) is 29.6 Å². The third-order valence-corrected chi connectivity index (χ3v) is 8.80. The summed E-state index contributed by atoms with van der Waals surface area (Å²) in [5, 5.41) is 6.38. The van der Waals surface area contributed by atoms with Crippen molar-refractivity contribution in [3.8, 4) is 0 Å². The van der Waals surface area contributed by atoms with Crippen LogP contribution in [0.5, 0.6) is 0 Å². The van der Waals surface area contributed by atoms with Crippen LogP contribution >= 0.6 is 0 Å². The molecule has 0 aromatic heterocycles. The number of methoxy groups -OCH3 is 1. The second-order valence-corrected chi connectivity index (χ2v) is 11.3. The minimum Gasteiger partial charge on any atom is -0.381 e. The van der Waals surface area contributed by atoms with E-state index < -0.39 is 0 Å². The topological polar surface area (TPSA) is 71.2 Å². The van der Waals surface area contributed by atoms with Gasteiger partial charge in [-0.3, -0.25) is 5.32 Å². The van der Waals surface area contributed by atoms with E-state index in [9.17, 15) is 0 Å². The highest BCUT2D eigenvalue weighted by molar-refractivity contribution is 5.13. The average Bonchev–Trinajstić information content (AvgIpc) is 3.28. The minimum atomic E-state index is 0.118. The molecule has 2 heterocycles. The van der Waals surface area contributed by atoms with Crippen molar-refractivity contribution in [1.82, 2.24) is 16.2 Å². The Hall–Kier alpha value is -0.500. The van der Waals surface area contributed by atoms with Crippen molar-refractivity contribution in [2.45, 2.75) is 103 Å². The molecule has 6 heteroatoms. The van der Waals surface area contributed by atoms with Gasteiger partial charge in [0.25, 0.3) is 0 Å². The quantitative estimate of drug-likeness (QED) is 0.429. The zero-order valence-electron chi connectivity index (χ0n) is 20.9. The summed E-state index contributed by atoms with van der Waals surface area (Å²) >= 11 is 0. The Balaban J connectivity index is 1.28. The maximum Gasteiger partial charge on any atom is 0.139 e. The van der Waals surface area contributed by atoms with E-state index in [1.165, 1.54) is 45.1 Å². The molecule has 0 aromatic carbocycles. The molecule has 2 aliphatic carbocycles. The van der Waals surface area contributed by atoms with Gasteiger partial charge in [0.1, 0.15) is 18.6 Å². The Morgan fingerprint density at radius 3 is 2.66 bits per heavy atom. The molecule has 2 aliphatic heterocycles. The third-order valence-electron chi connectivity index (χ3n) is 8.80. The van der Waals surface area contributed by atoms with Gasteiger partial charge in [0.2, 0.25) is 0 Å². The molecule has 6 nitrogen and oxygen atoms in total. The first-order chi connectivity index (χ1) is 15.5. The van der Waals surface area contributed by atoms with Crippen molar-refractivity contribution in [1.29, 1.82) is 0 Å². The zero-order valence-corrected chi connectivity index (χ0v) is 20.9. The Labute approximate surface area is 196 Å². The number of hydrogen-bond acceptors (Lipinski definition) is 5. The number of hydrazine groups is 1. The molecule has 0 bridgehead atoms. The standard InChI is InChI=1S/C26H48N4O2/c1-17(2)23-14-20(18(3)13-21(23)16-28-24-7-5-6-12-27-24)15-25-29-30-26(32-25)19-8-10-22(31-4)11-9-19/h13,17,19-30H,5-12,14-16H2,1-4H3/p+1/t19?,20-,21-,22?,23-,24?,25?,26?/m0/s1. The molecule has 3 unspecified atom stereocenters. The summed E-state index contributed by atoms with van der Waals surface area (Å²) in [6.45, 7) is 9.58. The Morgan fingerprint density at radius 2 is 1.97 bits per heavy atom. The van der Waals surface area contributed by atoms with Crippen LogP contribution in [0.1, 0.15) is 78.6 Å². The van der Waals surface area contributed by atoms with Crippen LogP contribution in [0.4, 0.5) is 0 Å². The van der Waals surface area contributed by atoms with Crippen molar-refractivity contribution in [3.63, 3.8) is 0 Å². The van der Waals surface area contributed by atoms with Crippen LogP contribution in [0.25, 0.3) is 0 Å². The zero-order chi connectivity index (χ0) is 22.5. The fourth-order valence-electron chi connectivity index (χ4n) is 6.61. The largest absolute Gasteiger partial charge is 0.381 e. The number of hydrogen-bond donors (Lipinski definition) is 4. The maximum atomic E-state index is 6.46. The van der Waals surface area contributed by atoms with Gasteiger partial charge in [0.15, 0.2) is 0 Å². The fraction of sp³-hybridized carbons (Fsp3) is 0.923. The SMILES string of the molecule is COC1CCC(C2NNC(C[C@@H]3C[C@@H](C(C)C)[C@H](CNC4CCCC[NH2+]4)C=C3C)O2)CC1. The smallest absolute Gasteiger partial charge is 0.139 e. The molecule has 0 aromatic rings. The fourth-order valence-corrected chi connectivity index (χ4v) is 6.61. The number of ether oxygens (including phenoxy) is 2. The molecule has 3 fully saturated rings. The van der Waals surface area contributed by atoms with Crippen LogP contribution in [0.2, 0.25) is 0 Å². The lowest BCUT2D eigenvalue weighted by Gasteiger charge is -2.38. The van der Waals surface area contributed by atoms with Crippen molar-refractivity contribution in [2.75, 3.05) is 20.2 Å². The molecule has 1 saturated carbocycles. The lowest BCUT2D eigenvalue weighted by molar-refractivity contribution is -0.702. The Kier molecular flexibility index (Phi) is 9.05. The highest BCUT2D eigenvalue weighted by Gasteiger charge is 2.37. The second kappa shape index (κ2) is 11.8. The summed E-state index contributed by atoms with van der Waals surface area (Å²) in [4.78, 5) is 0. The van der Waals surface area contributed by atoms with Crippen molar-refractivity contribution in [3.05, 3.63) is 11.6 Å². The van der Waals surface area contributed by atoms with Crippen LogP contribution in [0, 0.1) is 29.6 Å². The van der Waals surface area contributed by atoms with Gasteiger partial charge in [-0.1, -0.05) is 25.5 Å². The summed E-state index contributed by atoms with van der Waals surface area (Å²) in [5.41, 5.74) is 8.51. The van der Waals surface area contributed by atoms with Gasteiger partial charge in [-0.15, -0.1) is 0 Å². The number of rotatable bonds is 8. The number of nitrogens with one attached hydrogen (secondary N) is 3. The monoisotopic (exact) mass is 449 g/mol. The van der Waals surface area contributed by atoms with Crippen LogP contribution < -0.4 is 21.5 Å². The Morgan fingerprint density at radius 1 is 1.16 bits per heavy atom. The van der Waals surface area contributed by atoms with E-state index in [4.69, 9.17) is 9.47 Å². The molecular weight excluding hydrogens is 400 g/mol. The van der Waals surface area contributed by atoms with Gasteiger partial charge in [0.05, 0.1) is 12.6 Å². The molecule has 0 amide bonds. The minimum absolute atomic E-state index is 0.118. The van der Waals surface area contributed by atoms with Gasteiger partial charge in [0, 0.05) is 20.1 Å². The van der Waals surface area contributed by atoms with Crippen molar-refractivity contribution < 1.29 is 14.8 Å². The first-order valence-corrected chi connectivity index (χ1v) is 13.5. The Bertz CT molecular complexity index is 599. The van der Waals surface area contributed by atoms with Gasteiger partial charge in [-0.25, -0.2) is 10.9 Å². The number of allylic oxidation sites excluding steroid dienone is 1. The highest BCUT2D eigenvalue weighted by atomic mass is 16.5. The van der Waals surface area contributed by atoms with E-state index in [0.717, 1.165) is 31.7 Å². The van der Waals surface area contributed by atoms with Crippen molar-refractivity contribution >= 4 is 0 Å². The van der Waals surface area contributed by atoms with E-state index in [2.05, 4.69) is 48.3 Å². The van der Waals surface area contributed by atoms with E-state index in [0.29, 0.717) is 35.9 Å². The normalized spacial score (nSPS) is 41.1.